The van der Waals surface area contributed by atoms with Gasteiger partial charge in [0.2, 0.25) is 0 Å². The molecule has 0 aliphatic heterocycles. The summed E-state index contributed by atoms with van der Waals surface area (Å²) in [6.07, 6.45) is 1.64. The SMILES string of the molecule is COc1ccc(/C=N/NC(=S)Nc2ccccc2)c(Br)c1OC. The lowest BCUT2D eigenvalue weighted by molar-refractivity contribution is 0.353. The Bertz CT molecular complexity index is 708. The molecule has 0 fully saturated rings. The van der Waals surface area contributed by atoms with Crippen molar-refractivity contribution in [3.05, 3.63) is 52.5 Å². The molecule has 0 amide bonds. The van der Waals surface area contributed by atoms with Crippen LogP contribution >= 0.6 is 28.1 Å². The van der Waals surface area contributed by atoms with Crippen molar-refractivity contribution < 1.29 is 9.47 Å². The van der Waals surface area contributed by atoms with Crippen LogP contribution in [0.4, 0.5) is 5.69 Å². The third-order valence-corrected chi connectivity index (χ3v) is 3.93. The van der Waals surface area contributed by atoms with Crippen LogP contribution < -0.4 is 20.2 Å². The molecule has 0 spiro atoms. The number of anilines is 1. The molecule has 0 heterocycles. The number of para-hydroxylation sites is 1. The lowest BCUT2D eigenvalue weighted by Gasteiger charge is -2.11. The van der Waals surface area contributed by atoms with E-state index in [0.29, 0.717) is 16.6 Å². The van der Waals surface area contributed by atoms with Crippen LogP contribution in [0.15, 0.2) is 52.0 Å². The minimum absolute atomic E-state index is 0.407. The quantitative estimate of drug-likeness (QED) is 0.459. The smallest absolute Gasteiger partial charge is 0.191 e. The summed E-state index contributed by atoms with van der Waals surface area (Å²) in [6.45, 7) is 0. The summed E-state index contributed by atoms with van der Waals surface area (Å²) < 4.78 is 11.3. The molecule has 0 aliphatic rings. The van der Waals surface area contributed by atoms with Crippen LogP contribution in [-0.4, -0.2) is 25.5 Å². The second kappa shape index (κ2) is 8.50. The van der Waals surface area contributed by atoms with E-state index in [1.54, 1.807) is 20.4 Å². The normalized spacial score (nSPS) is 10.4. The van der Waals surface area contributed by atoms with Crippen molar-refractivity contribution in [1.82, 2.24) is 5.43 Å². The van der Waals surface area contributed by atoms with Crippen molar-refractivity contribution >= 4 is 45.2 Å². The first-order chi connectivity index (χ1) is 11.2. The molecular formula is C16H16BrN3O2S. The van der Waals surface area contributed by atoms with Gasteiger partial charge in [-0.1, -0.05) is 18.2 Å². The molecule has 23 heavy (non-hydrogen) atoms. The number of hydrogen-bond acceptors (Lipinski definition) is 4. The standard InChI is InChI=1S/C16H16BrN3O2S/c1-21-13-9-8-11(14(17)15(13)22-2)10-18-20-16(23)19-12-6-4-3-5-7-12/h3-10H,1-2H3,(H2,19,20,23)/b18-10+. The lowest BCUT2D eigenvalue weighted by atomic mass is 10.2. The summed E-state index contributed by atoms with van der Waals surface area (Å²) in [7, 11) is 3.17. The van der Waals surface area contributed by atoms with E-state index in [1.807, 2.05) is 42.5 Å². The second-order valence-corrected chi connectivity index (χ2v) is 5.60. The number of hydrogen-bond donors (Lipinski definition) is 2. The highest BCUT2D eigenvalue weighted by Crippen LogP contribution is 2.36. The Morgan fingerprint density at radius 3 is 2.52 bits per heavy atom. The predicted octanol–water partition coefficient (Wildman–Crippen LogP) is 3.79. The molecule has 7 heteroatoms. The Balaban J connectivity index is 2.02. The van der Waals surface area contributed by atoms with Crippen LogP contribution in [0, 0.1) is 0 Å². The summed E-state index contributed by atoms with van der Waals surface area (Å²) in [5.41, 5.74) is 4.50. The number of benzene rings is 2. The summed E-state index contributed by atoms with van der Waals surface area (Å²) in [5, 5.41) is 7.56. The van der Waals surface area contributed by atoms with Gasteiger partial charge in [-0.25, -0.2) is 0 Å². The van der Waals surface area contributed by atoms with Gasteiger partial charge in [-0.3, -0.25) is 5.43 Å². The van der Waals surface area contributed by atoms with Crippen LogP contribution in [0.5, 0.6) is 11.5 Å². The highest BCUT2D eigenvalue weighted by molar-refractivity contribution is 9.10. The average molecular weight is 394 g/mol. The van der Waals surface area contributed by atoms with Gasteiger partial charge in [-0.15, -0.1) is 0 Å². The number of ether oxygens (including phenoxy) is 2. The molecule has 2 aromatic rings. The maximum absolute atomic E-state index is 5.32. The monoisotopic (exact) mass is 393 g/mol. The Hall–Kier alpha value is -2.12. The molecule has 2 rings (SSSR count). The zero-order valence-corrected chi connectivity index (χ0v) is 15.1. The molecule has 0 atom stereocenters. The van der Waals surface area contributed by atoms with Gasteiger partial charge in [-0.05, 0) is 52.4 Å². The van der Waals surface area contributed by atoms with E-state index >= 15 is 0 Å². The Morgan fingerprint density at radius 1 is 1.13 bits per heavy atom. The number of hydrazone groups is 1. The van der Waals surface area contributed by atoms with Crippen LogP contribution in [0.25, 0.3) is 0 Å². The number of methoxy groups -OCH3 is 2. The van der Waals surface area contributed by atoms with Gasteiger partial charge in [0, 0.05) is 11.3 Å². The number of nitrogens with one attached hydrogen (secondary N) is 2. The zero-order chi connectivity index (χ0) is 16.7. The third kappa shape index (κ3) is 4.67. The van der Waals surface area contributed by atoms with Crippen molar-refractivity contribution in [3.8, 4) is 11.5 Å². The molecule has 0 radical (unpaired) electrons. The van der Waals surface area contributed by atoms with E-state index in [0.717, 1.165) is 15.7 Å². The first kappa shape index (κ1) is 17.2. The van der Waals surface area contributed by atoms with Gasteiger partial charge in [0.05, 0.1) is 24.9 Å². The minimum atomic E-state index is 0.407. The first-order valence-electron chi connectivity index (χ1n) is 6.71. The van der Waals surface area contributed by atoms with Crippen molar-refractivity contribution in [2.45, 2.75) is 0 Å². The van der Waals surface area contributed by atoms with E-state index in [4.69, 9.17) is 21.7 Å². The van der Waals surface area contributed by atoms with Crippen molar-refractivity contribution in [2.24, 2.45) is 5.10 Å². The van der Waals surface area contributed by atoms with Gasteiger partial charge < -0.3 is 14.8 Å². The van der Waals surface area contributed by atoms with Gasteiger partial charge in [0.15, 0.2) is 16.6 Å². The van der Waals surface area contributed by atoms with E-state index in [1.165, 1.54) is 0 Å². The van der Waals surface area contributed by atoms with E-state index in [2.05, 4.69) is 31.8 Å². The topological polar surface area (TPSA) is 54.9 Å². The second-order valence-electron chi connectivity index (χ2n) is 4.39. The van der Waals surface area contributed by atoms with Gasteiger partial charge in [-0.2, -0.15) is 5.10 Å². The maximum Gasteiger partial charge on any atom is 0.191 e. The largest absolute Gasteiger partial charge is 0.493 e. The molecule has 0 aliphatic carbocycles. The van der Waals surface area contributed by atoms with Crippen molar-refractivity contribution in [3.63, 3.8) is 0 Å². The van der Waals surface area contributed by atoms with E-state index in [-0.39, 0.29) is 0 Å². The molecule has 2 aromatic carbocycles. The summed E-state index contributed by atoms with van der Waals surface area (Å²) in [4.78, 5) is 0. The number of halogens is 1. The number of thiocarbonyl (C=S) groups is 1. The molecule has 0 bridgehead atoms. The van der Waals surface area contributed by atoms with Gasteiger partial charge >= 0.3 is 0 Å². The van der Waals surface area contributed by atoms with E-state index in [9.17, 15) is 0 Å². The van der Waals surface area contributed by atoms with Crippen LogP contribution in [0.1, 0.15) is 5.56 Å². The highest BCUT2D eigenvalue weighted by atomic mass is 79.9. The first-order valence-corrected chi connectivity index (χ1v) is 7.91. The maximum atomic E-state index is 5.32. The zero-order valence-electron chi connectivity index (χ0n) is 12.7. The fraction of sp³-hybridized carbons (Fsp3) is 0.125. The fourth-order valence-corrected chi connectivity index (χ4v) is 2.61. The molecule has 5 nitrogen and oxygen atoms in total. The summed E-state index contributed by atoms with van der Waals surface area (Å²) >= 11 is 8.66. The number of nitrogens with zero attached hydrogens (tertiary/aromatic N) is 1. The molecule has 0 unspecified atom stereocenters. The Labute approximate surface area is 148 Å². The predicted molar refractivity (Wildman–Crippen MR) is 101 cm³/mol. The Kier molecular flexibility index (Phi) is 6.37. The molecule has 2 N–H and O–H groups in total. The van der Waals surface area contributed by atoms with Gasteiger partial charge in [0.1, 0.15) is 0 Å². The third-order valence-electron chi connectivity index (χ3n) is 2.92. The Morgan fingerprint density at radius 2 is 1.87 bits per heavy atom. The summed E-state index contributed by atoms with van der Waals surface area (Å²) in [6, 6.07) is 13.3. The van der Waals surface area contributed by atoms with Gasteiger partial charge in [0.25, 0.3) is 0 Å². The molecular weight excluding hydrogens is 378 g/mol. The number of rotatable bonds is 5. The van der Waals surface area contributed by atoms with Crippen LogP contribution in [0.2, 0.25) is 0 Å². The lowest BCUT2D eigenvalue weighted by Crippen LogP contribution is -2.23. The minimum Gasteiger partial charge on any atom is -0.493 e. The van der Waals surface area contributed by atoms with Crippen LogP contribution in [-0.2, 0) is 0 Å². The van der Waals surface area contributed by atoms with E-state index < -0.39 is 0 Å². The van der Waals surface area contributed by atoms with Crippen LogP contribution in [0.3, 0.4) is 0 Å². The molecule has 0 saturated heterocycles. The molecule has 120 valence electrons. The summed E-state index contributed by atoms with van der Waals surface area (Å²) in [5.74, 6) is 1.26. The highest BCUT2D eigenvalue weighted by Gasteiger charge is 2.11. The van der Waals surface area contributed by atoms with Crippen molar-refractivity contribution in [2.75, 3.05) is 19.5 Å². The molecule has 0 aromatic heterocycles. The molecule has 0 saturated carbocycles. The average Bonchev–Trinajstić information content (AvgIpc) is 2.57. The van der Waals surface area contributed by atoms with Crippen molar-refractivity contribution in [1.29, 1.82) is 0 Å². The fourth-order valence-electron chi connectivity index (χ4n) is 1.85.